The summed E-state index contributed by atoms with van der Waals surface area (Å²) in [7, 11) is 0. The molecule has 0 radical (unpaired) electrons. The van der Waals surface area contributed by atoms with E-state index in [0.29, 0.717) is 21.6 Å². The summed E-state index contributed by atoms with van der Waals surface area (Å²) in [6, 6.07) is 7.89. The van der Waals surface area contributed by atoms with Crippen molar-refractivity contribution in [1.82, 2.24) is 4.98 Å². The van der Waals surface area contributed by atoms with Crippen LogP contribution in [-0.2, 0) is 6.42 Å². The quantitative estimate of drug-likeness (QED) is 0.503. The highest BCUT2D eigenvalue weighted by molar-refractivity contribution is 6.40. The van der Waals surface area contributed by atoms with Crippen molar-refractivity contribution in [3.63, 3.8) is 0 Å². The molecule has 0 amide bonds. The average molecular weight is 386 g/mol. The largest absolute Gasteiger partial charge is 0.353 e. The Kier molecular flexibility index (Phi) is 5.36. The summed E-state index contributed by atoms with van der Waals surface area (Å²) in [5.41, 5.74) is 8.95. The van der Waals surface area contributed by atoms with E-state index in [-0.39, 0.29) is 5.82 Å². The van der Waals surface area contributed by atoms with Crippen molar-refractivity contribution in [1.29, 1.82) is 0 Å². The highest BCUT2D eigenvalue weighted by atomic mass is 35.5. The van der Waals surface area contributed by atoms with Crippen molar-refractivity contribution in [2.75, 3.05) is 6.54 Å². The van der Waals surface area contributed by atoms with Gasteiger partial charge in [0.15, 0.2) is 0 Å². The van der Waals surface area contributed by atoms with Gasteiger partial charge < -0.3 is 10.7 Å². The summed E-state index contributed by atoms with van der Waals surface area (Å²) >= 11 is 19.0. The molecule has 0 spiro atoms. The summed E-state index contributed by atoms with van der Waals surface area (Å²) in [5, 5.41) is 2.43. The number of aromatic amines is 1. The predicted octanol–water partition coefficient (Wildman–Crippen LogP) is 6.22. The molecule has 1 aromatic heterocycles. The SMILES string of the molecule is NCCCCc1c(-c2ccc(F)cc2Cl)[nH]c2c(Cl)ccc(Cl)c12. The number of halogens is 4. The van der Waals surface area contributed by atoms with Gasteiger partial charge in [0.25, 0.3) is 0 Å². The molecule has 0 saturated heterocycles. The molecule has 0 aliphatic heterocycles. The number of aryl methyl sites for hydroxylation is 1. The molecule has 24 heavy (non-hydrogen) atoms. The molecule has 3 rings (SSSR count). The zero-order valence-electron chi connectivity index (χ0n) is 12.8. The monoisotopic (exact) mass is 384 g/mol. The number of unbranched alkanes of at least 4 members (excludes halogenated alkanes) is 1. The molecule has 0 aliphatic carbocycles. The zero-order valence-corrected chi connectivity index (χ0v) is 15.1. The lowest BCUT2D eigenvalue weighted by molar-refractivity contribution is 0.628. The number of hydrogen-bond acceptors (Lipinski definition) is 1. The van der Waals surface area contributed by atoms with Crippen molar-refractivity contribution in [2.45, 2.75) is 19.3 Å². The second-order valence-corrected chi connectivity index (χ2v) is 6.85. The summed E-state index contributed by atoms with van der Waals surface area (Å²) in [4.78, 5) is 3.32. The third-order valence-electron chi connectivity index (χ3n) is 4.04. The van der Waals surface area contributed by atoms with Crippen LogP contribution in [0.15, 0.2) is 30.3 Å². The van der Waals surface area contributed by atoms with Gasteiger partial charge in [0.1, 0.15) is 5.82 Å². The third-order valence-corrected chi connectivity index (χ3v) is 4.98. The highest BCUT2D eigenvalue weighted by Gasteiger charge is 2.19. The fourth-order valence-electron chi connectivity index (χ4n) is 2.91. The van der Waals surface area contributed by atoms with Crippen LogP contribution in [0.25, 0.3) is 22.2 Å². The van der Waals surface area contributed by atoms with E-state index in [9.17, 15) is 4.39 Å². The number of rotatable bonds is 5. The molecular formula is C18H16Cl3FN2. The molecule has 3 aromatic rings. The summed E-state index contributed by atoms with van der Waals surface area (Å²) in [5.74, 6) is -0.374. The Balaban J connectivity index is 2.24. The lowest BCUT2D eigenvalue weighted by Gasteiger charge is -2.08. The van der Waals surface area contributed by atoms with Crippen LogP contribution >= 0.6 is 34.8 Å². The normalized spacial score (nSPS) is 11.4. The van der Waals surface area contributed by atoms with Gasteiger partial charge in [0.2, 0.25) is 0 Å². The Morgan fingerprint density at radius 3 is 2.42 bits per heavy atom. The van der Waals surface area contributed by atoms with Gasteiger partial charge in [-0.15, -0.1) is 0 Å². The molecule has 0 unspecified atom stereocenters. The Bertz CT molecular complexity index is 890. The number of hydrogen-bond donors (Lipinski definition) is 2. The maximum Gasteiger partial charge on any atom is 0.124 e. The first-order valence-electron chi connectivity index (χ1n) is 7.67. The zero-order chi connectivity index (χ0) is 17.3. The van der Waals surface area contributed by atoms with Crippen molar-refractivity contribution in [3.8, 4) is 11.3 Å². The first kappa shape index (κ1) is 17.6. The minimum absolute atomic E-state index is 0.342. The summed E-state index contributed by atoms with van der Waals surface area (Å²) < 4.78 is 13.4. The molecule has 0 saturated carbocycles. The lowest BCUT2D eigenvalue weighted by Crippen LogP contribution is -1.99. The van der Waals surface area contributed by atoms with Crippen molar-refractivity contribution in [3.05, 3.63) is 56.8 Å². The first-order valence-corrected chi connectivity index (χ1v) is 8.80. The van der Waals surface area contributed by atoms with Crippen molar-refractivity contribution < 1.29 is 4.39 Å². The van der Waals surface area contributed by atoms with Crippen LogP contribution in [0, 0.1) is 5.82 Å². The van der Waals surface area contributed by atoms with E-state index < -0.39 is 0 Å². The summed E-state index contributed by atoms with van der Waals surface area (Å²) in [6.45, 7) is 0.628. The smallest absolute Gasteiger partial charge is 0.124 e. The topological polar surface area (TPSA) is 41.8 Å². The number of nitrogens with two attached hydrogens (primary N) is 1. The maximum absolute atomic E-state index is 13.4. The Labute approximate surface area is 154 Å². The number of H-pyrrole nitrogens is 1. The van der Waals surface area contributed by atoms with Gasteiger partial charge in [0.05, 0.1) is 26.3 Å². The van der Waals surface area contributed by atoms with Gasteiger partial charge >= 0.3 is 0 Å². The average Bonchev–Trinajstić information content (AvgIpc) is 2.92. The number of aromatic nitrogens is 1. The Morgan fingerprint density at radius 2 is 1.71 bits per heavy atom. The number of fused-ring (bicyclic) bond motifs is 1. The van der Waals surface area contributed by atoms with Crippen molar-refractivity contribution >= 4 is 45.7 Å². The fourth-order valence-corrected chi connectivity index (χ4v) is 3.65. The summed E-state index contributed by atoms with van der Waals surface area (Å²) in [6.07, 6.45) is 2.60. The highest BCUT2D eigenvalue weighted by Crippen LogP contribution is 2.40. The van der Waals surface area contributed by atoms with E-state index in [2.05, 4.69) is 4.98 Å². The minimum Gasteiger partial charge on any atom is -0.353 e. The number of benzene rings is 2. The van der Waals surface area contributed by atoms with Gasteiger partial charge in [-0.25, -0.2) is 4.39 Å². The second-order valence-electron chi connectivity index (χ2n) is 5.63. The molecule has 3 N–H and O–H groups in total. The van der Waals surface area contributed by atoms with Crippen LogP contribution in [0.5, 0.6) is 0 Å². The molecule has 126 valence electrons. The molecule has 1 heterocycles. The first-order chi connectivity index (χ1) is 11.5. The molecule has 0 fully saturated rings. The minimum atomic E-state index is -0.374. The van der Waals surface area contributed by atoms with Gasteiger partial charge in [0, 0.05) is 10.9 Å². The van der Waals surface area contributed by atoms with Crippen molar-refractivity contribution in [2.24, 2.45) is 5.73 Å². The van der Waals surface area contributed by atoms with Crippen LogP contribution in [0.2, 0.25) is 15.1 Å². The van der Waals surface area contributed by atoms with Crippen LogP contribution in [0.1, 0.15) is 18.4 Å². The third kappa shape index (κ3) is 3.27. The van der Waals surface area contributed by atoms with E-state index in [1.807, 2.05) is 0 Å². The molecule has 0 aliphatic rings. The molecular weight excluding hydrogens is 370 g/mol. The van der Waals surface area contributed by atoms with E-state index in [1.165, 1.54) is 12.1 Å². The standard InChI is InChI=1S/C18H16Cl3FN2/c19-13-6-7-14(20)18-16(13)12(3-1-2-8-23)17(24-18)11-5-4-10(22)9-15(11)21/h4-7,9,24H,1-3,8,23H2. The molecule has 2 nitrogen and oxygen atoms in total. The number of nitrogens with one attached hydrogen (secondary N) is 1. The molecule has 0 bridgehead atoms. The molecule has 0 atom stereocenters. The maximum atomic E-state index is 13.4. The molecule has 2 aromatic carbocycles. The van der Waals surface area contributed by atoms with Gasteiger partial charge in [-0.1, -0.05) is 34.8 Å². The van der Waals surface area contributed by atoms with E-state index in [0.717, 1.165) is 47.0 Å². The van der Waals surface area contributed by atoms with E-state index in [4.69, 9.17) is 40.5 Å². The van der Waals surface area contributed by atoms with Gasteiger partial charge in [-0.3, -0.25) is 0 Å². The Morgan fingerprint density at radius 1 is 0.958 bits per heavy atom. The van der Waals surface area contributed by atoms with Crippen LogP contribution in [0.4, 0.5) is 4.39 Å². The predicted molar refractivity (Wildman–Crippen MR) is 101 cm³/mol. The second kappa shape index (κ2) is 7.32. The lowest BCUT2D eigenvalue weighted by atomic mass is 10.00. The van der Waals surface area contributed by atoms with Crippen LogP contribution in [0.3, 0.4) is 0 Å². The molecule has 6 heteroatoms. The van der Waals surface area contributed by atoms with E-state index in [1.54, 1.807) is 18.2 Å². The fraction of sp³-hybridized carbons (Fsp3) is 0.222. The van der Waals surface area contributed by atoms with Gasteiger partial charge in [-0.2, -0.15) is 0 Å². The van der Waals surface area contributed by atoms with Gasteiger partial charge in [-0.05, 0) is 61.7 Å². The van der Waals surface area contributed by atoms with Crippen LogP contribution in [-0.4, -0.2) is 11.5 Å². The van der Waals surface area contributed by atoms with Crippen LogP contribution < -0.4 is 5.73 Å². The Hall–Kier alpha value is -1.26. The van der Waals surface area contributed by atoms with E-state index >= 15 is 0 Å².